The Kier molecular flexibility index (Phi) is 9.18. The fraction of sp³-hybridized carbons (Fsp3) is 0.333. The fourth-order valence-electron chi connectivity index (χ4n) is 3.88. The first-order chi connectivity index (χ1) is 17.6. The van der Waals surface area contributed by atoms with Gasteiger partial charge in [-0.3, -0.25) is 4.79 Å². The molecule has 0 unspecified atom stereocenters. The molecule has 9 heteroatoms. The van der Waals surface area contributed by atoms with Crippen molar-refractivity contribution in [1.82, 2.24) is 15.1 Å². The van der Waals surface area contributed by atoms with Gasteiger partial charge in [-0.25, -0.2) is 4.79 Å². The molecule has 2 heterocycles. The van der Waals surface area contributed by atoms with Crippen molar-refractivity contribution in [3.8, 4) is 11.5 Å². The van der Waals surface area contributed by atoms with E-state index in [1.807, 2.05) is 66.0 Å². The lowest BCUT2D eigenvalue weighted by molar-refractivity contribution is -0.133. The number of carbonyl (C=O) groups is 2. The maximum absolute atomic E-state index is 13.6. The summed E-state index contributed by atoms with van der Waals surface area (Å²) in [5, 5.41) is 4.93. The Hall–Kier alpha value is -3.56. The summed E-state index contributed by atoms with van der Waals surface area (Å²) < 4.78 is 16.1. The molecule has 0 fully saturated rings. The van der Waals surface area contributed by atoms with E-state index in [2.05, 4.69) is 5.32 Å². The molecule has 0 bridgehead atoms. The quantitative estimate of drug-likeness (QED) is 0.369. The first kappa shape index (κ1) is 25.5. The lowest BCUT2D eigenvalue weighted by Gasteiger charge is -2.28. The number of ether oxygens (including phenoxy) is 3. The smallest absolute Gasteiger partial charge is 0.318 e. The standard InChI is InChI=1S/C27H31N3O5S/c1-33-13-6-12-29(27(32)28-16-21-7-3-2-4-8-21)19-26(31)30(18-23-9-5-14-36-23)17-22-10-11-24-25(15-22)35-20-34-24/h2-5,7-11,14-15H,6,12-13,16-20H2,1H3,(H,28,32). The number of urea groups is 1. The molecular weight excluding hydrogens is 478 g/mol. The predicted octanol–water partition coefficient (Wildman–Crippen LogP) is 4.25. The van der Waals surface area contributed by atoms with Crippen molar-refractivity contribution in [2.45, 2.75) is 26.1 Å². The summed E-state index contributed by atoms with van der Waals surface area (Å²) in [5.74, 6) is 1.25. The molecule has 1 aromatic heterocycles. The molecule has 1 N–H and O–H groups in total. The van der Waals surface area contributed by atoms with Crippen molar-refractivity contribution in [1.29, 1.82) is 0 Å². The van der Waals surface area contributed by atoms with Gasteiger partial charge in [-0.1, -0.05) is 42.5 Å². The summed E-state index contributed by atoms with van der Waals surface area (Å²) in [6.07, 6.45) is 0.635. The van der Waals surface area contributed by atoms with Gasteiger partial charge in [0, 0.05) is 38.2 Å². The Morgan fingerprint density at radius 3 is 2.58 bits per heavy atom. The van der Waals surface area contributed by atoms with E-state index in [0.717, 1.165) is 16.0 Å². The fourth-order valence-corrected chi connectivity index (χ4v) is 4.60. The average molecular weight is 510 g/mol. The SMILES string of the molecule is COCCCN(CC(=O)N(Cc1ccc2c(c1)OCO2)Cc1cccs1)C(=O)NCc1ccccc1. The van der Waals surface area contributed by atoms with Crippen LogP contribution >= 0.6 is 11.3 Å². The van der Waals surface area contributed by atoms with Crippen LogP contribution in [-0.4, -0.2) is 55.3 Å². The Bertz CT molecular complexity index is 1120. The minimum Gasteiger partial charge on any atom is -0.454 e. The van der Waals surface area contributed by atoms with Crippen molar-refractivity contribution >= 4 is 23.3 Å². The van der Waals surface area contributed by atoms with Gasteiger partial charge >= 0.3 is 6.03 Å². The second-order valence-electron chi connectivity index (χ2n) is 8.43. The highest BCUT2D eigenvalue weighted by atomic mass is 32.1. The minimum absolute atomic E-state index is 0.0275. The van der Waals surface area contributed by atoms with Crippen molar-refractivity contribution in [3.63, 3.8) is 0 Å². The average Bonchev–Trinajstić information content (AvgIpc) is 3.59. The molecule has 0 aliphatic carbocycles. The number of benzene rings is 2. The molecule has 0 saturated heterocycles. The summed E-state index contributed by atoms with van der Waals surface area (Å²) in [4.78, 5) is 31.0. The van der Waals surface area contributed by atoms with Crippen LogP contribution in [0.1, 0.15) is 22.4 Å². The number of fused-ring (bicyclic) bond motifs is 1. The van der Waals surface area contributed by atoms with Gasteiger partial charge in [0.25, 0.3) is 0 Å². The predicted molar refractivity (Wildman–Crippen MR) is 138 cm³/mol. The number of hydrogen-bond acceptors (Lipinski definition) is 6. The monoisotopic (exact) mass is 509 g/mol. The molecule has 1 aliphatic heterocycles. The number of nitrogens with zero attached hydrogens (tertiary/aromatic N) is 2. The van der Waals surface area contributed by atoms with Gasteiger partial charge in [0.05, 0.1) is 6.54 Å². The number of thiophene rings is 1. The molecule has 8 nitrogen and oxygen atoms in total. The van der Waals surface area contributed by atoms with Crippen LogP contribution in [0.15, 0.2) is 66.0 Å². The molecule has 1 aliphatic rings. The molecule has 0 atom stereocenters. The van der Waals surface area contributed by atoms with Crippen molar-refractivity contribution in [2.75, 3.05) is 33.6 Å². The van der Waals surface area contributed by atoms with Gasteiger partial charge < -0.3 is 29.3 Å². The van der Waals surface area contributed by atoms with Crippen LogP contribution in [0.3, 0.4) is 0 Å². The summed E-state index contributed by atoms with van der Waals surface area (Å²) in [5.41, 5.74) is 1.93. The number of hydrogen-bond donors (Lipinski definition) is 1. The molecule has 2 aromatic carbocycles. The Labute approximate surface area is 215 Å². The van der Waals surface area contributed by atoms with E-state index in [1.54, 1.807) is 28.2 Å². The summed E-state index contributed by atoms with van der Waals surface area (Å²) in [6, 6.07) is 19.1. The van der Waals surface area contributed by atoms with Crippen LogP contribution in [0.4, 0.5) is 4.79 Å². The first-order valence-electron chi connectivity index (χ1n) is 11.9. The number of nitrogens with one attached hydrogen (secondary N) is 1. The minimum atomic E-state index is -0.276. The topological polar surface area (TPSA) is 80.3 Å². The molecular formula is C27H31N3O5S. The highest BCUT2D eigenvalue weighted by molar-refractivity contribution is 7.09. The lowest BCUT2D eigenvalue weighted by Crippen LogP contribution is -2.46. The zero-order valence-corrected chi connectivity index (χ0v) is 21.2. The normalized spacial score (nSPS) is 11.8. The van der Waals surface area contributed by atoms with E-state index in [1.165, 1.54) is 0 Å². The van der Waals surface area contributed by atoms with E-state index in [0.29, 0.717) is 50.7 Å². The van der Waals surface area contributed by atoms with Gasteiger partial charge in [0.1, 0.15) is 6.54 Å². The maximum Gasteiger partial charge on any atom is 0.318 e. The van der Waals surface area contributed by atoms with Crippen molar-refractivity contribution in [2.24, 2.45) is 0 Å². The zero-order chi connectivity index (χ0) is 25.2. The lowest BCUT2D eigenvalue weighted by atomic mass is 10.2. The molecule has 36 heavy (non-hydrogen) atoms. The molecule has 190 valence electrons. The van der Waals surface area contributed by atoms with E-state index in [4.69, 9.17) is 14.2 Å². The van der Waals surface area contributed by atoms with Gasteiger partial charge in [0.2, 0.25) is 12.7 Å². The number of carbonyl (C=O) groups excluding carboxylic acids is 2. The van der Waals surface area contributed by atoms with Crippen LogP contribution in [0.2, 0.25) is 0 Å². The number of rotatable bonds is 12. The van der Waals surface area contributed by atoms with Crippen LogP contribution in [0, 0.1) is 0 Å². The van der Waals surface area contributed by atoms with Gasteiger partial charge in [-0.2, -0.15) is 0 Å². The Balaban J connectivity index is 1.45. The Morgan fingerprint density at radius 2 is 1.81 bits per heavy atom. The summed E-state index contributed by atoms with van der Waals surface area (Å²) in [7, 11) is 1.62. The molecule has 0 saturated carbocycles. The second-order valence-corrected chi connectivity index (χ2v) is 9.46. The van der Waals surface area contributed by atoms with E-state index >= 15 is 0 Å². The third-order valence-electron chi connectivity index (χ3n) is 5.77. The number of amides is 3. The highest BCUT2D eigenvalue weighted by Gasteiger charge is 2.23. The van der Waals surface area contributed by atoms with Crippen molar-refractivity contribution in [3.05, 3.63) is 82.0 Å². The van der Waals surface area contributed by atoms with Gasteiger partial charge in [-0.15, -0.1) is 11.3 Å². The third-order valence-corrected chi connectivity index (χ3v) is 6.63. The van der Waals surface area contributed by atoms with Crippen LogP contribution in [0.25, 0.3) is 0 Å². The second kappa shape index (κ2) is 12.9. The first-order valence-corrected chi connectivity index (χ1v) is 12.7. The van der Waals surface area contributed by atoms with Crippen LogP contribution in [-0.2, 0) is 29.2 Å². The molecule has 0 spiro atoms. The van der Waals surface area contributed by atoms with E-state index in [-0.39, 0.29) is 25.3 Å². The maximum atomic E-state index is 13.6. The van der Waals surface area contributed by atoms with E-state index in [9.17, 15) is 9.59 Å². The largest absolute Gasteiger partial charge is 0.454 e. The molecule has 3 aromatic rings. The van der Waals surface area contributed by atoms with Crippen LogP contribution < -0.4 is 14.8 Å². The molecule has 0 radical (unpaired) electrons. The highest BCUT2D eigenvalue weighted by Crippen LogP contribution is 2.33. The zero-order valence-electron chi connectivity index (χ0n) is 20.4. The van der Waals surface area contributed by atoms with Gasteiger partial charge in [-0.05, 0) is 41.1 Å². The molecule has 3 amide bonds. The number of methoxy groups -OCH3 is 1. The summed E-state index contributed by atoms with van der Waals surface area (Å²) in [6.45, 7) is 2.34. The Morgan fingerprint density at radius 1 is 0.972 bits per heavy atom. The van der Waals surface area contributed by atoms with E-state index < -0.39 is 0 Å². The van der Waals surface area contributed by atoms with Gasteiger partial charge in [0.15, 0.2) is 11.5 Å². The third kappa shape index (κ3) is 7.22. The molecule has 4 rings (SSSR count). The van der Waals surface area contributed by atoms with Crippen molar-refractivity contribution < 1.29 is 23.8 Å². The van der Waals surface area contributed by atoms with Crippen LogP contribution in [0.5, 0.6) is 11.5 Å². The summed E-state index contributed by atoms with van der Waals surface area (Å²) >= 11 is 1.60.